The van der Waals surface area contributed by atoms with E-state index in [1.807, 2.05) is 0 Å². The van der Waals surface area contributed by atoms with Crippen molar-refractivity contribution in [1.29, 1.82) is 0 Å². The van der Waals surface area contributed by atoms with Crippen molar-refractivity contribution in [1.82, 2.24) is 5.32 Å². The Morgan fingerprint density at radius 2 is 1.91 bits per heavy atom. The number of carbonyl (C=O) groups excluding carboxylic acids is 2. The van der Waals surface area contributed by atoms with E-state index < -0.39 is 0 Å². The lowest BCUT2D eigenvalue weighted by molar-refractivity contribution is -0.111. The van der Waals surface area contributed by atoms with Gasteiger partial charge in [-0.2, -0.15) is 0 Å². The Bertz CT molecular complexity index is 592. The van der Waals surface area contributed by atoms with Crippen LogP contribution in [0.1, 0.15) is 30.6 Å². The maximum absolute atomic E-state index is 12.1. The Balaban J connectivity index is 1.93. The number of carbonyl (C=O) groups is 2. The molecule has 1 unspecified atom stereocenters. The lowest BCUT2D eigenvalue weighted by Crippen LogP contribution is -2.34. The number of benzene rings is 1. The molecule has 1 saturated carbocycles. The van der Waals surface area contributed by atoms with Gasteiger partial charge in [-0.05, 0) is 42.2 Å². The largest absolute Gasteiger partial charge is 0.396 e. The average molecular weight is 302 g/mol. The molecular weight excluding hydrogens is 280 g/mol. The third-order valence-electron chi connectivity index (χ3n) is 4.58. The molecule has 22 heavy (non-hydrogen) atoms. The molecule has 118 valence electrons. The van der Waals surface area contributed by atoms with E-state index >= 15 is 0 Å². The highest BCUT2D eigenvalue weighted by Crippen LogP contribution is 2.62. The third-order valence-corrected chi connectivity index (χ3v) is 4.58. The minimum atomic E-state index is -0.293. The number of hydrogen-bond donors (Lipinski definition) is 3. The minimum Gasteiger partial charge on any atom is -0.396 e. The Morgan fingerprint density at radius 3 is 2.36 bits per heavy atom. The lowest BCUT2D eigenvalue weighted by atomic mass is 9.96. The summed E-state index contributed by atoms with van der Waals surface area (Å²) in [5.74, 6) is -0.477. The zero-order valence-corrected chi connectivity index (χ0v) is 13.0. The first-order valence-electron chi connectivity index (χ1n) is 7.26. The van der Waals surface area contributed by atoms with Crippen LogP contribution < -0.4 is 10.6 Å². The van der Waals surface area contributed by atoms with Gasteiger partial charge in [0.05, 0.1) is 6.61 Å². The second kappa shape index (κ2) is 5.93. The van der Waals surface area contributed by atoms with E-state index in [-0.39, 0.29) is 29.3 Å². The Kier molecular flexibility index (Phi) is 4.37. The van der Waals surface area contributed by atoms with Gasteiger partial charge in [-0.15, -0.1) is 0 Å². The summed E-state index contributed by atoms with van der Waals surface area (Å²) in [6, 6.07) is 6.63. The Morgan fingerprint density at radius 1 is 1.32 bits per heavy atom. The van der Waals surface area contributed by atoms with Crippen LogP contribution in [-0.4, -0.2) is 30.1 Å². The van der Waals surface area contributed by atoms with E-state index in [9.17, 15) is 14.7 Å². The maximum atomic E-state index is 12.1. The van der Waals surface area contributed by atoms with Crippen molar-refractivity contribution in [2.24, 2.45) is 10.8 Å². The van der Waals surface area contributed by atoms with Gasteiger partial charge >= 0.3 is 0 Å². The molecule has 1 aliphatic rings. The van der Waals surface area contributed by atoms with Crippen LogP contribution in [0.4, 0.5) is 5.69 Å². The zero-order valence-electron chi connectivity index (χ0n) is 13.0. The molecule has 0 bridgehead atoms. The van der Waals surface area contributed by atoms with Crippen LogP contribution >= 0.6 is 0 Å². The van der Waals surface area contributed by atoms with Crippen molar-refractivity contribution in [3.05, 3.63) is 42.5 Å². The van der Waals surface area contributed by atoms with Crippen molar-refractivity contribution in [3.8, 4) is 0 Å². The fourth-order valence-electron chi connectivity index (χ4n) is 2.68. The van der Waals surface area contributed by atoms with Crippen LogP contribution in [0, 0.1) is 10.8 Å². The monoisotopic (exact) mass is 302 g/mol. The summed E-state index contributed by atoms with van der Waals surface area (Å²) in [6.07, 6.45) is 2.09. The van der Waals surface area contributed by atoms with E-state index in [1.165, 1.54) is 6.08 Å². The highest BCUT2D eigenvalue weighted by molar-refractivity contribution is 5.99. The Hall–Kier alpha value is -2.14. The van der Waals surface area contributed by atoms with Gasteiger partial charge in [0, 0.05) is 23.2 Å². The zero-order chi connectivity index (χ0) is 16.4. The molecule has 5 heteroatoms. The molecule has 0 radical (unpaired) electrons. The second-order valence-corrected chi connectivity index (χ2v) is 6.45. The van der Waals surface area contributed by atoms with E-state index in [1.54, 1.807) is 24.3 Å². The van der Waals surface area contributed by atoms with Gasteiger partial charge in [0.1, 0.15) is 0 Å². The Labute approximate surface area is 130 Å². The number of aliphatic hydroxyl groups is 1. The SMILES string of the molecule is C=CC(=O)Nc1ccc(C(=O)NCC2(CO)CC2(C)C)cc1. The summed E-state index contributed by atoms with van der Waals surface area (Å²) in [4.78, 5) is 23.3. The van der Waals surface area contributed by atoms with Gasteiger partial charge < -0.3 is 15.7 Å². The van der Waals surface area contributed by atoms with Gasteiger partial charge in [-0.3, -0.25) is 9.59 Å². The number of hydrogen-bond acceptors (Lipinski definition) is 3. The predicted molar refractivity (Wildman–Crippen MR) is 85.5 cm³/mol. The van der Waals surface area contributed by atoms with Gasteiger partial charge in [-0.1, -0.05) is 20.4 Å². The summed E-state index contributed by atoms with van der Waals surface area (Å²) in [7, 11) is 0. The van der Waals surface area contributed by atoms with Crippen LogP contribution in [0.2, 0.25) is 0 Å². The van der Waals surface area contributed by atoms with Crippen LogP contribution in [-0.2, 0) is 4.79 Å². The van der Waals surface area contributed by atoms with Crippen LogP contribution in [0.15, 0.2) is 36.9 Å². The highest BCUT2D eigenvalue weighted by Gasteiger charge is 2.60. The van der Waals surface area contributed by atoms with E-state index in [4.69, 9.17) is 0 Å². The molecule has 1 fully saturated rings. The molecule has 2 amide bonds. The summed E-state index contributed by atoms with van der Waals surface area (Å²) in [5.41, 5.74) is 0.980. The van der Waals surface area contributed by atoms with E-state index in [2.05, 4.69) is 31.1 Å². The van der Waals surface area contributed by atoms with Crippen molar-refractivity contribution < 1.29 is 14.7 Å². The van der Waals surface area contributed by atoms with Crippen molar-refractivity contribution >= 4 is 17.5 Å². The minimum absolute atomic E-state index is 0.0634. The van der Waals surface area contributed by atoms with Crippen molar-refractivity contribution in [3.63, 3.8) is 0 Å². The summed E-state index contributed by atoms with van der Waals surface area (Å²) >= 11 is 0. The molecule has 0 heterocycles. The van der Waals surface area contributed by atoms with Gasteiger partial charge in [0.15, 0.2) is 0 Å². The fourth-order valence-corrected chi connectivity index (χ4v) is 2.68. The first-order chi connectivity index (χ1) is 10.3. The highest BCUT2D eigenvalue weighted by atomic mass is 16.3. The molecule has 0 aromatic heterocycles. The molecule has 5 nitrogen and oxygen atoms in total. The average Bonchev–Trinajstić information content (AvgIpc) is 3.07. The van der Waals surface area contributed by atoms with Crippen molar-refractivity contribution in [2.75, 3.05) is 18.5 Å². The molecule has 1 aromatic carbocycles. The van der Waals surface area contributed by atoms with Crippen LogP contribution in [0.25, 0.3) is 0 Å². The van der Waals surface area contributed by atoms with Crippen molar-refractivity contribution in [2.45, 2.75) is 20.3 Å². The number of nitrogens with one attached hydrogen (secondary N) is 2. The normalized spacial score (nSPS) is 21.8. The van der Waals surface area contributed by atoms with E-state index in [0.717, 1.165) is 6.42 Å². The third kappa shape index (κ3) is 3.20. The quantitative estimate of drug-likeness (QED) is 0.703. The standard InChI is InChI=1S/C17H22N2O3/c1-4-14(21)19-13-7-5-12(6-8-13)15(22)18-10-17(11-20)9-16(17,2)3/h4-8,20H,1,9-11H2,2-3H3,(H,18,22)(H,19,21). The van der Waals surface area contributed by atoms with Crippen LogP contribution in [0.5, 0.6) is 0 Å². The molecular formula is C17H22N2O3. The number of amides is 2. The fraction of sp³-hybridized carbons (Fsp3) is 0.412. The molecule has 2 rings (SSSR count). The molecule has 0 spiro atoms. The first-order valence-corrected chi connectivity index (χ1v) is 7.26. The smallest absolute Gasteiger partial charge is 0.251 e. The maximum Gasteiger partial charge on any atom is 0.251 e. The van der Waals surface area contributed by atoms with Crippen LogP contribution in [0.3, 0.4) is 0 Å². The summed E-state index contributed by atoms with van der Waals surface area (Å²) in [6.45, 7) is 8.10. The predicted octanol–water partition coefficient (Wildman–Crippen LogP) is 1.95. The number of rotatable bonds is 6. The summed E-state index contributed by atoms with van der Waals surface area (Å²) < 4.78 is 0. The summed E-state index contributed by atoms with van der Waals surface area (Å²) in [5, 5.41) is 15.0. The first kappa shape index (κ1) is 16.2. The molecule has 0 aliphatic heterocycles. The van der Waals surface area contributed by atoms with E-state index in [0.29, 0.717) is 17.8 Å². The lowest BCUT2D eigenvalue weighted by Gasteiger charge is -2.18. The topological polar surface area (TPSA) is 78.4 Å². The molecule has 1 aromatic rings. The van der Waals surface area contributed by atoms with Gasteiger partial charge in [0.25, 0.3) is 5.91 Å². The molecule has 0 saturated heterocycles. The molecule has 1 aliphatic carbocycles. The molecule has 3 N–H and O–H groups in total. The van der Waals surface area contributed by atoms with Gasteiger partial charge in [-0.25, -0.2) is 0 Å². The number of anilines is 1. The second-order valence-electron chi connectivity index (χ2n) is 6.45. The number of aliphatic hydroxyl groups excluding tert-OH is 1. The van der Waals surface area contributed by atoms with Gasteiger partial charge in [0.2, 0.25) is 5.91 Å². The molecule has 1 atom stereocenters.